The molecule has 4 heteroatoms. The third kappa shape index (κ3) is 4.45. The van der Waals surface area contributed by atoms with E-state index in [1.54, 1.807) is 0 Å². The molecule has 3 N–H and O–H groups in total. The number of amides is 1. The van der Waals surface area contributed by atoms with E-state index in [4.69, 9.17) is 17.3 Å². The molecule has 0 saturated heterocycles. The van der Waals surface area contributed by atoms with Crippen LogP contribution in [0.15, 0.2) is 24.3 Å². The Bertz CT molecular complexity index is 466. The molecule has 1 aromatic rings. The van der Waals surface area contributed by atoms with Crippen molar-refractivity contribution in [1.29, 1.82) is 0 Å². The van der Waals surface area contributed by atoms with Gasteiger partial charge in [0.25, 0.3) is 0 Å². The maximum atomic E-state index is 12.5. The molecule has 0 radical (unpaired) electrons. The van der Waals surface area contributed by atoms with Crippen LogP contribution in [-0.4, -0.2) is 17.5 Å². The van der Waals surface area contributed by atoms with Crippen LogP contribution < -0.4 is 11.1 Å². The molecule has 1 aliphatic rings. The molecule has 0 aromatic heterocycles. The van der Waals surface area contributed by atoms with E-state index in [0.717, 1.165) is 43.5 Å². The highest BCUT2D eigenvalue weighted by Gasteiger charge is 2.35. The van der Waals surface area contributed by atoms with E-state index in [0.29, 0.717) is 0 Å². The third-order valence-electron chi connectivity index (χ3n) is 4.42. The number of carbonyl (C=O) groups is 1. The monoisotopic (exact) mass is 308 g/mol. The van der Waals surface area contributed by atoms with Gasteiger partial charge in [-0.2, -0.15) is 0 Å². The van der Waals surface area contributed by atoms with E-state index in [1.807, 2.05) is 24.3 Å². The number of nitrogens with two attached hydrogens (primary N) is 1. The molecule has 1 aromatic carbocycles. The van der Waals surface area contributed by atoms with Crippen molar-refractivity contribution >= 4 is 17.5 Å². The zero-order valence-electron chi connectivity index (χ0n) is 12.7. The average molecular weight is 309 g/mol. The summed E-state index contributed by atoms with van der Waals surface area (Å²) in [6.07, 6.45) is 6.61. The zero-order chi connectivity index (χ0) is 15.3. The average Bonchev–Trinajstić information content (AvgIpc) is 2.49. The van der Waals surface area contributed by atoms with Gasteiger partial charge in [0.1, 0.15) is 0 Å². The second kappa shape index (κ2) is 7.28. The molecule has 1 unspecified atom stereocenters. The number of hydrogen-bond donors (Lipinski definition) is 2. The predicted molar refractivity (Wildman–Crippen MR) is 87.4 cm³/mol. The zero-order valence-corrected chi connectivity index (χ0v) is 13.5. The lowest BCUT2D eigenvalue weighted by Crippen LogP contribution is -2.57. The Hall–Kier alpha value is -1.06. The Morgan fingerprint density at radius 1 is 1.29 bits per heavy atom. The summed E-state index contributed by atoms with van der Waals surface area (Å²) < 4.78 is 0. The fourth-order valence-electron chi connectivity index (χ4n) is 2.94. The van der Waals surface area contributed by atoms with Crippen molar-refractivity contribution in [2.45, 2.75) is 63.5 Å². The van der Waals surface area contributed by atoms with Gasteiger partial charge in [0.2, 0.25) is 5.91 Å². The highest BCUT2D eigenvalue weighted by Crippen LogP contribution is 2.26. The second-order valence-electron chi connectivity index (χ2n) is 6.13. The van der Waals surface area contributed by atoms with Crippen molar-refractivity contribution in [3.8, 4) is 0 Å². The van der Waals surface area contributed by atoms with Gasteiger partial charge in [-0.25, -0.2) is 0 Å². The van der Waals surface area contributed by atoms with E-state index in [1.165, 1.54) is 12.0 Å². The smallest absolute Gasteiger partial charge is 0.240 e. The van der Waals surface area contributed by atoms with Crippen LogP contribution in [0.1, 0.15) is 51.0 Å². The minimum Gasteiger partial charge on any atom is -0.351 e. The normalized spacial score (nSPS) is 19.0. The molecule has 1 saturated carbocycles. The van der Waals surface area contributed by atoms with Crippen molar-refractivity contribution in [1.82, 2.24) is 5.32 Å². The topological polar surface area (TPSA) is 55.1 Å². The maximum Gasteiger partial charge on any atom is 0.240 e. The van der Waals surface area contributed by atoms with Crippen molar-refractivity contribution in [2.24, 2.45) is 5.73 Å². The van der Waals surface area contributed by atoms with Crippen LogP contribution in [0.2, 0.25) is 5.02 Å². The molecular formula is C17H25ClN2O. The maximum absolute atomic E-state index is 12.5. The van der Waals surface area contributed by atoms with Crippen molar-refractivity contribution in [3.05, 3.63) is 34.9 Å². The van der Waals surface area contributed by atoms with E-state index in [2.05, 4.69) is 12.2 Å². The number of carbonyl (C=O) groups excluding carboxylic acids is 1. The van der Waals surface area contributed by atoms with Crippen LogP contribution in [0, 0.1) is 0 Å². The van der Waals surface area contributed by atoms with Gasteiger partial charge in [0.05, 0.1) is 5.54 Å². The van der Waals surface area contributed by atoms with Crippen molar-refractivity contribution < 1.29 is 4.79 Å². The summed E-state index contributed by atoms with van der Waals surface area (Å²) in [5.74, 6) is 0.0167. The molecule has 0 spiro atoms. The summed E-state index contributed by atoms with van der Waals surface area (Å²) in [7, 11) is 0. The standard InChI is InChI=1S/C17H25ClN2O/c1-2-15(12-13-6-8-14(18)9-7-13)20-16(21)17(19)10-4-3-5-11-17/h6-9,15H,2-5,10-12,19H2,1H3,(H,20,21). The van der Waals surface area contributed by atoms with Gasteiger partial charge in [-0.1, -0.05) is 49.9 Å². The molecule has 3 nitrogen and oxygen atoms in total. The van der Waals surface area contributed by atoms with Gasteiger partial charge >= 0.3 is 0 Å². The first-order valence-corrected chi connectivity index (χ1v) is 8.25. The van der Waals surface area contributed by atoms with Gasteiger partial charge in [-0.15, -0.1) is 0 Å². The molecule has 1 fully saturated rings. The summed E-state index contributed by atoms with van der Waals surface area (Å²) in [5.41, 5.74) is 6.81. The quantitative estimate of drug-likeness (QED) is 0.875. The SMILES string of the molecule is CCC(Cc1ccc(Cl)cc1)NC(=O)C1(N)CCCCC1. The number of halogens is 1. The lowest BCUT2D eigenvalue weighted by Gasteiger charge is -2.33. The van der Waals surface area contributed by atoms with Crippen LogP contribution in [0.3, 0.4) is 0 Å². The summed E-state index contributed by atoms with van der Waals surface area (Å²) in [6.45, 7) is 2.09. The number of nitrogens with one attached hydrogen (secondary N) is 1. The van der Waals surface area contributed by atoms with E-state index in [9.17, 15) is 4.79 Å². The van der Waals surface area contributed by atoms with Crippen LogP contribution in [0.4, 0.5) is 0 Å². The summed E-state index contributed by atoms with van der Waals surface area (Å²) >= 11 is 5.90. The first-order valence-electron chi connectivity index (χ1n) is 7.88. The van der Waals surface area contributed by atoms with Crippen LogP contribution in [0.5, 0.6) is 0 Å². The Balaban J connectivity index is 1.95. The van der Waals surface area contributed by atoms with Crippen molar-refractivity contribution in [3.63, 3.8) is 0 Å². The number of rotatable bonds is 5. The van der Waals surface area contributed by atoms with Gasteiger partial charge in [-0.05, 0) is 43.4 Å². The first-order chi connectivity index (χ1) is 10.0. The fourth-order valence-corrected chi connectivity index (χ4v) is 3.07. The van der Waals surface area contributed by atoms with E-state index in [-0.39, 0.29) is 11.9 Å². The van der Waals surface area contributed by atoms with Gasteiger partial charge in [0.15, 0.2) is 0 Å². The van der Waals surface area contributed by atoms with Crippen LogP contribution in [0.25, 0.3) is 0 Å². The third-order valence-corrected chi connectivity index (χ3v) is 4.67. The fraction of sp³-hybridized carbons (Fsp3) is 0.588. The Kier molecular flexibility index (Phi) is 5.65. The van der Waals surface area contributed by atoms with Crippen molar-refractivity contribution in [2.75, 3.05) is 0 Å². The first kappa shape index (κ1) is 16.3. The molecule has 116 valence electrons. The Morgan fingerprint density at radius 3 is 2.48 bits per heavy atom. The van der Waals surface area contributed by atoms with Gasteiger partial charge in [0, 0.05) is 11.1 Å². The minimum absolute atomic E-state index is 0.0167. The molecule has 1 atom stereocenters. The highest BCUT2D eigenvalue weighted by atomic mass is 35.5. The Morgan fingerprint density at radius 2 is 1.90 bits per heavy atom. The van der Waals surface area contributed by atoms with E-state index >= 15 is 0 Å². The van der Waals surface area contributed by atoms with Gasteiger partial charge in [-0.3, -0.25) is 4.79 Å². The summed E-state index contributed by atoms with van der Waals surface area (Å²) in [5, 5.41) is 3.88. The molecule has 0 aliphatic heterocycles. The van der Waals surface area contributed by atoms with Gasteiger partial charge < -0.3 is 11.1 Å². The minimum atomic E-state index is -0.661. The number of benzene rings is 1. The summed E-state index contributed by atoms with van der Waals surface area (Å²) in [4.78, 5) is 12.5. The summed E-state index contributed by atoms with van der Waals surface area (Å²) in [6, 6.07) is 7.92. The second-order valence-corrected chi connectivity index (χ2v) is 6.56. The Labute approximate surface area is 132 Å². The molecule has 0 heterocycles. The number of hydrogen-bond acceptors (Lipinski definition) is 2. The molecule has 0 bridgehead atoms. The lowest BCUT2D eigenvalue weighted by molar-refractivity contribution is -0.128. The molecular weight excluding hydrogens is 284 g/mol. The van der Waals surface area contributed by atoms with Crippen LogP contribution in [-0.2, 0) is 11.2 Å². The highest BCUT2D eigenvalue weighted by molar-refractivity contribution is 6.30. The lowest BCUT2D eigenvalue weighted by atomic mass is 9.81. The molecule has 1 amide bonds. The molecule has 1 aliphatic carbocycles. The molecule has 21 heavy (non-hydrogen) atoms. The largest absolute Gasteiger partial charge is 0.351 e. The molecule has 2 rings (SSSR count). The predicted octanol–water partition coefficient (Wildman–Crippen LogP) is 3.44. The van der Waals surface area contributed by atoms with E-state index < -0.39 is 5.54 Å². The van der Waals surface area contributed by atoms with Crippen LogP contribution >= 0.6 is 11.6 Å².